The van der Waals surface area contributed by atoms with Crippen LogP contribution in [0.2, 0.25) is 5.02 Å². The minimum Gasteiger partial charge on any atom is -0.497 e. The maximum atomic E-state index is 12.3. The Morgan fingerprint density at radius 2 is 1.43 bits per heavy atom. The van der Waals surface area contributed by atoms with E-state index < -0.39 is 17.8 Å². The number of amides is 2. The fourth-order valence-electron chi connectivity index (χ4n) is 2.86. The number of hydrogen-bond donors (Lipinski definition) is 2. The highest BCUT2D eigenvalue weighted by Gasteiger charge is 2.16. The Balaban J connectivity index is 1.59. The predicted octanol–water partition coefficient (Wildman–Crippen LogP) is 4.06. The number of esters is 1. The average molecular weight is 496 g/mol. The molecule has 0 saturated heterocycles. The summed E-state index contributed by atoms with van der Waals surface area (Å²) in [6, 6.07) is 17.6. The Bertz CT molecular complexity index is 1260. The number of nitrogens with one attached hydrogen (secondary N) is 2. The molecule has 3 rings (SSSR count). The molecule has 0 aliphatic carbocycles. The number of methoxy groups -OCH3 is 2. The Morgan fingerprint density at radius 3 is 2.06 bits per heavy atom. The Morgan fingerprint density at radius 1 is 0.800 bits per heavy atom. The van der Waals surface area contributed by atoms with Gasteiger partial charge in [-0.05, 0) is 73.2 Å². The third-order valence-corrected chi connectivity index (χ3v) is 5.00. The molecule has 0 unspecified atom stereocenters. The van der Waals surface area contributed by atoms with Gasteiger partial charge in [0.1, 0.15) is 17.2 Å². The summed E-state index contributed by atoms with van der Waals surface area (Å²) in [5.41, 5.74) is 3.92. The first-order chi connectivity index (χ1) is 16.8. The van der Waals surface area contributed by atoms with Crippen molar-refractivity contribution in [1.29, 1.82) is 0 Å². The third-order valence-electron chi connectivity index (χ3n) is 4.75. The van der Waals surface area contributed by atoms with Crippen molar-refractivity contribution in [3.05, 3.63) is 82.9 Å². The number of hydrogen-bond acceptors (Lipinski definition) is 7. The predicted molar refractivity (Wildman–Crippen MR) is 131 cm³/mol. The fourth-order valence-corrected chi connectivity index (χ4v) is 2.98. The summed E-state index contributed by atoms with van der Waals surface area (Å²) in [4.78, 5) is 36.7. The van der Waals surface area contributed by atoms with E-state index in [1.54, 1.807) is 67.6 Å². The van der Waals surface area contributed by atoms with Gasteiger partial charge < -0.3 is 19.5 Å². The molecule has 0 radical (unpaired) electrons. The maximum absolute atomic E-state index is 12.3. The van der Waals surface area contributed by atoms with E-state index in [-0.39, 0.29) is 5.69 Å². The second kappa shape index (κ2) is 11.7. The van der Waals surface area contributed by atoms with Gasteiger partial charge in [0.15, 0.2) is 0 Å². The summed E-state index contributed by atoms with van der Waals surface area (Å²) < 4.78 is 15.6. The lowest BCUT2D eigenvalue weighted by Gasteiger charge is -2.11. The van der Waals surface area contributed by atoms with E-state index in [1.165, 1.54) is 20.3 Å². The van der Waals surface area contributed by atoms with E-state index in [0.717, 1.165) is 0 Å². The van der Waals surface area contributed by atoms with Crippen molar-refractivity contribution < 1.29 is 28.6 Å². The van der Waals surface area contributed by atoms with Crippen LogP contribution in [-0.4, -0.2) is 37.7 Å². The third kappa shape index (κ3) is 6.81. The molecule has 0 heterocycles. The minimum atomic E-state index is -0.970. The molecular weight excluding hydrogens is 474 g/mol. The molecule has 180 valence electrons. The molecule has 3 aromatic carbocycles. The van der Waals surface area contributed by atoms with Crippen LogP contribution in [0.3, 0.4) is 0 Å². The molecule has 3 aromatic rings. The van der Waals surface area contributed by atoms with Gasteiger partial charge in [0.05, 0.1) is 31.2 Å². The molecular formula is C25H22ClN3O6. The van der Waals surface area contributed by atoms with Crippen LogP contribution in [0.1, 0.15) is 22.8 Å². The minimum absolute atomic E-state index is 0.274. The summed E-state index contributed by atoms with van der Waals surface area (Å²) in [5.74, 6) is -1.25. The zero-order valence-electron chi connectivity index (χ0n) is 19.1. The molecule has 0 bridgehead atoms. The molecule has 2 amide bonds. The van der Waals surface area contributed by atoms with Crippen molar-refractivity contribution in [3.63, 3.8) is 0 Å². The molecule has 0 fully saturated rings. The first kappa shape index (κ1) is 25.3. The molecule has 2 N–H and O–H groups in total. The molecule has 0 atom stereocenters. The first-order valence-electron chi connectivity index (χ1n) is 10.3. The van der Waals surface area contributed by atoms with Gasteiger partial charge in [-0.1, -0.05) is 11.6 Å². The Labute approximate surface area is 206 Å². The topological polar surface area (TPSA) is 115 Å². The van der Waals surface area contributed by atoms with Gasteiger partial charge in [0.2, 0.25) is 0 Å². The van der Waals surface area contributed by atoms with Gasteiger partial charge in [-0.25, -0.2) is 10.2 Å². The van der Waals surface area contributed by atoms with E-state index in [9.17, 15) is 14.4 Å². The number of ether oxygens (including phenoxy) is 3. The van der Waals surface area contributed by atoms with Gasteiger partial charge in [0, 0.05) is 11.1 Å². The van der Waals surface area contributed by atoms with Crippen LogP contribution in [0.5, 0.6) is 17.2 Å². The van der Waals surface area contributed by atoms with Crippen LogP contribution in [0.15, 0.2) is 71.8 Å². The van der Waals surface area contributed by atoms with Crippen LogP contribution >= 0.6 is 11.6 Å². The molecule has 0 spiro atoms. The smallest absolute Gasteiger partial charge is 0.343 e. The van der Waals surface area contributed by atoms with Crippen molar-refractivity contribution in [2.45, 2.75) is 6.92 Å². The first-order valence-corrected chi connectivity index (χ1v) is 10.6. The number of carbonyl (C=O) groups is 3. The van der Waals surface area contributed by atoms with Crippen molar-refractivity contribution in [2.75, 3.05) is 19.5 Å². The number of carbonyl (C=O) groups excluding carboxylic acids is 3. The number of halogens is 1. The quantitative estimate of drug-likeness (QED) is 0.168. The van der Waals surface area contributed by atoms with Gasteiger partial charge >= 0.3 is 17.8 Å². The van der Waals surface area contributed by atoms with E-state index in [2.05, 4.69) is 15.8 Å². The number of rotatable bonds is 7. The molecule has 35 heavy (non-hydrogen) atoms. The highest BCUT2D eigenvalue weighted by atomic mass is 35.5. The van der Waals surface area contributed by atoms with Crippen LogP contribution in [0, 0.1) is 0 Å². The van der Waals surface area contributed by atoms with Crippen LogP contribution in [0.25, 0.3) is 0 Å². The summed E-state index contributed by atoms with van der Waals surface area (Å²) in [6.45, 7) is 1.65. The zero-order chi connectivity index (χ0) is 25.4. The monoisotopic (exact) mass is 495 g/mol. The Hall–Kier alpha value is -4.37. The van der Waals surface area contributed by atoms with E-state index >= 15 is 0 Å². The molecule has 9 nitrogen and oxygen atoms in total. The second-order valence-corrected chi connectivity index (χ2v) is 7.52. The molecule has 10 heteroatoms. The molecule has 0 aromatic heterocycles. The van der Waals surface area contributed by atoms with Crippen LogP contribution in [0.4, 0.5) is 5.69 Å². The summed E-state index contributed by atoms with van der Waals surface area (Å²) in [6.07, 6.45) is 0. The van der Waals surface area contributed by atoms with Crippen molar-refractivity contribution in [1.82, 2.24) is 5.43 Å². The highest BCUT2D eigenvalue weighted by molar-refractivity contribution is 6.39. The van der Waals surface area contributed by atoms with Gasteiger partial charge in [-0.3, -0.25) is 9.59 Å². The highest BCUT2D eigenvalue weighted by Crippen LogP contribution is 2.28. The van der Waals surface area contributed by atoms with Crippen molar-refractivity contribution in [3.8, 4) is 17.2 Å². The summed E-state index contributed by atoms with van der Waals surface area (Å²) in [7, 11) is 2.92. The standard InChI is InChI=1S/C25H22ClN3O6/c1-15(16-6-10-19(11-7-16)35-25(32)17-4-8-18(26)9-5-17)28-29-24(31)23(30)27-21-14-20(33-2)12-13-22(21)34-3/h4-14H,1-3H3,(H,27,30)(H,29,31). The van der Waals surface area contributed by atoms with E-state index in [4.69, 9.17) is 25.8 Å². The SMILES string of the molecule is COc1ccc(OC)c(NC(=O)C(=O)NN=C(C)c2ccc(OC(=O)c3ccc(Cl)cc3)cc2)c1. The van der Waals surface area contributed by atoms with E-state index in [1.807, 2.05) is 0 Å². The molecule has 0 aliphatic rings. The fraction of sp³-hybridized carbons (Fsp3) is 0.120. The van der Waals surface area contributed by atoms with Crippen molar-refractivity contribution in [2.24, 2.45) is 5.10 Å². The normalized spacial score (nSPS) is 10.8. The second-order valence-electron chi connectivity index (χ2n) is 7.08. The van der Waals surface area contributed by atoms with Gasteiger partial charge in [-0.15, -0.1) is 0 Å². The zero-order valence-corrected chi connectivity index (χ0v) is 19.9. The van der Waals surface area contributed by atoms with Gasteiger partial charge in [0.25, 0.3) is 0 Å². The molecule has 0 saturated carbocycles. The summed E-state index contributed by atoms with van der Waals surface area (Å²) in [5, 5.41) is 6.94. The summed E-state index contributed by atoms with van der Waals surface area (Å²) >= 11 is 5.82. The number of benzene rings is 3. The maximum Gasteiger partial charge on any atom is 0.343 e. The van der Waals surface area contributed by atoms with E-state index in [0.29, 0.717) is 39.1 Å². The lowest BCUT2D eigenvalue weighted by molar-refractivity contribution is -0.136. The lowest BCUT2D eigenvalue weighted by atomic mass is 10.1. The van der Waals surface area contributed by atoms with Crippen LogP contribution in [-0.2, 0) is 9.59 Å². The number of nitrogens with zero attached hydrogens (tertiary/aromatic N) is 1. The average Bonchev–Trinajstić information content (AvgIpc) is 2.87. The van der Waals surface area contributed by atoms with Gasteiger partial charge in [-0.2, -0.15) is 5.10 Å². The number of hydrazone groups is 1. The van der Waals surface area contributed by atoms with Crippen LogP contribution < -0.4 is 25.0 Å². The largest absolute Gasteiger partial charge is 0.497 e. The Kier molecular flexibility index (Phi) is 8.42. The lowest BCUT2D eigenvalue weighted by Crippen LogP contribution is -2.33. The number of anilines is 1. The molecule has 0 aliphatic heterocycles. The van der Waals surface area contributed by atoms with Crippen molar-refractivity contribution >= 4 is 40.8 Å².